The van der Waals surface area contributed by atoms with Crippen molar-refractivity contribution in [3.63, 3.8) is 0 Å². The zero-order chi connectivity index (χ0) is 16.4. The first-order chi connectivity index (χ1) is 11.0. The number of hydrogen-bond donors (Lipinski definition) is 1. The van der Waals surface area contributed by atoms with E-state index < -0.39 is 0 Å². The average Bonchev–Trinajstić information content (AvgIpc) is 2.91. The summed E-state index contributed by atoms with van der Waals surface area (Å²) in [4.78, 5) is 12.4. The van der Waals surface area contributed by atoms with Crippen molar-refractivity contribution in [1.29, 1.82) is 0 Å². The molecule has 0 aromatic carbocycles. The third-order valence-electron chi connectivity index (χ3n) is 4.00. The minimum Gasteiger partial charge on any atom is -0.352 e. The summed E-state index contributed by atoms with van der Waals surface area (Å²) in [7, 11) is 0. The van der Waals surface area contributed by atoms with Crippen molar-refractivity contribution in [2.24, 2.45) is 0 Å². The highest BCUT2D eigenvalue weighted by Gasteiger charge is 2.22. The van der Waals surface area contributed by atoms with E-state index in [0.717, 1.165) is 12.8 Å². The van der Waals surface area contributed by atoms with Gasteiger partial charge in [-0.1, -0.05) is 54.2 Å². The van der Waals surface area contributed by atoms with Crippen molar-refractivity contribution in [3.8, 4) is 0 Å². The third kappa shape index (κ3) is 3.92. The molecule has 2 heterocycles. The maximum absolute atomic E-state index is 12.4. The van der Waals surface area contributed by atoms with Gasteiger partial charge in [0.05, 0.1) is 15.3 Å². The van der Waals surface area contributed by atoms with Crippen LogP contribution in [0.3, 0.4) is 0 Å². The van der Waals surface area contributed by atoms with Gasteiger partial charge in [0.15, 0.2) is 10.8 Å². The van der Waals surface area contributed by atoms with Gasteiger partial charge in [-0.2, -0.15) is 0 Å². The van der Waals surface area contributed by atoms with Crippen LogP contribution >= 0.6 is 35.0 Å². The highest BCUT2D eigenvalue weighted by atomic mass is 35.5. The third-order valence-corrected chi connectivity index (χ3v) is 5.54. The number of hydrogen-bond acceptors (Lipinski definition) is 4. The quantitative estimate of drug-likeness (QED) is 0.824. The van der Waals surface area contributed by atoms with Gasteiger partial charge in [0.2, 0.25) is 5.91 Å². The normalized spacial score (nSPS) is 17.3. The van der Waals surface area contributed by atoms with Crippen molar-refractivity contribution < 1.29 is 4.79 Å². The van der Waals surface area contributed by atoms with Gasteiger partial charge < -0.3 is 5.32 Å². The van der Waals surface area contributed by atoms with Crippen LogP contribution in [0.15, 0.2) is 17.4 Å². The Morgan fingerprint density at radius 2 is 2.09 bits per heavy atom. The Balaban J connectivity index is 1.69. The number of thioether (sulfide) groups is 1. The largest absolute Gasteiger partial charge is 0.352 e. The Morgan fingerprint density at radius 3 is 2.83 bits per heavy atom. The molecular formula is C15H18Cl2N4OS. The number of nitrogens with zero attached hydrogens (tertiary/aromatic N) is 3. The second-order valence-electron chi connectivity index (χ2n) is 5.79. The van der Waals surface area contributed by atoms with Gasteiger partial charge in [-0.15, -0.1) is 10.2 Å². The van der Waals surface area contributed by atoms with Crippen LogP contribution in [0.2, 0.25) is 10.0 Å². The van der Waals surface area contributed by atoms with Gasteiger partial charge in [-0.3, -0.25) is 9.20 Å². The molecule has 1 aliphatic rings. The van der Waals surface area contributed by atoms with Crippen molar-refractivity contribution in [2.45, 2.75) is 55.5 Å². The number of halogens is 2. The topological polar surface area (TPSA) is 59.3 Å². The number of nitrogens with one attached hydrogen (secondary N) is 1. The molecule has 0 radical (unpaired) electrons. The minimum absolute atomic E-state index is 0.0341. The monoisotopic (exact) mass is 372 g/mol. The van der Waals surface area contributed by atoms with Crippen molar-refractivity contribution >= 4 is 46.5 Å². The maximum Gasteiger partial charge on any atom is 0.233 e. The van der Waals surface area contributed by atoms with E-state index in [-0.39, 0.29) is 11.2 Å². The van der Waals surface area contributed by atoms with Crippen LogP contribution in [0, 0.1) is 0 Å². The number of aromatic nitrogens is 3. The van der Waals surface area contributed by atoms with E-state index in [1.165, 1.54) is 31.0 Å². The standard InChI is InChI=1S/C15H18Cl2N4OS/c1-9(14(22)18-11-5-3-2-4-6-11)23-15-20-19-13-12(17)7-10(16)8-21(13)15/h7-9,11H,2-6H2,1H3,(H,18,22). The molecule has 2 aromatic rings. The van der Waals surface area contributed by atoms with E-state index in [1.54, 1.807) is 16.7 Å². The summed E-state index contributed by atoms with van der Waals surface area (Å²) >= 11 is 13.5. The van der Waals surface area contributed by atoms with E-state index in [4.69, 9.17) is 23.2 Å². The van der Waals surface area contributed by atoms with Gasteiger partial charge in [0, 0.05) is 12.2 Å². The molecule has 1 saturated carbocycles. The molecule has 1 atom stereocenters. The van der Waals surface area contributed by atoms with Crippen molar-refractivity contribution in [2.75, 3.05) is 0 Å². The lowest BCUT2D eigenvalue weighted by Gasteiger charge is -2.24. The number of amides is 1. The SMILES string of the molecule is CC(Sc1nnc2c(Cl)cc(Cl)cn12)C(=O)NC1CCCCC1. The predicted molar refractivity (Wildman–Crippen MR) is 93.3 cm³/mol. The molecule has 2 aromatic heterocycles. The van der Waals surface area contributed by atoms with Crippen molar-refractivity contribution in [1.82, 2.24) is 19.9 Å². The molecule has 0 bridgehead atoms. The van der Waals surface area contributed by atoms with Gasteiger partial charge >= 0.3 is 0 Å². The molecule has 0 spiro atoms. The fraction of sp³-hybridized carbons (Fsp3) is 0.533. The number of pyridine rings is 1. The van der Waals surface area contributed by atoms with Crippen LogP contribution in [-0.4, -0.2) is 31.8 Å². The molecule has 0 aliphatic heterocycles. The Labute approximate surface area is 149 Å². The van der Waals surface area contributed by atoms with Gasteiger partial charge in [0.1, 0.15) is 0 Å². The summed E-state index contributed by atoms with van der Waals surface area (Å²) < 4.78 is 1.72. The average molecular weight is 373 g/mol. The van der Waals surface area contributed by atoms with E-state index in [1.807, 2.05) is 6.92 Å². The molecule has 1 unspecified atom stereocenters. The molecule has 23 heavy (non-hydrogen) atoms. The second-order valence-corrected chi connectivity index (χ2v) is 7.94. The molecule has 5 nitrogen and oxygen atoms in total. The Kier molecular flexibility index (Phi) is 5.34. The van der Waals surface area contributed by atoms with Crippen LogP contribution in [0.1, 0.15) is 39.0 Å². The fourth-order valence-electron chi connectivity index (χ4n) is 2.76. The number of fused-ring (bicyclic) bond motifs is 1. The Bertz CT molecular complexity index is 715. The first kappa shape index (κ1) is 16.9. The summed E-state index contributed by atoms with van der Waals surface area (Å²) in [5.74, 6) is 0.0341. The molecular weight excluding hydrogens is 355 g/mol. The molecule has 3 rings (SSSR count). The molecule has 1 aliphatic carbocycles. The second kappa shape index (κ2) is 7.28. The molecule has 1 N–H and O–H groups in total. The van der Waals surface area contributed by atoms with Crippen LogP contribution in [-0.2, 0) is 4.79 Å². The molecule has 8 heteroatoms. The van der Waals surface area contributed by atoms with Crippen LogP contribution in [0.5, 0.6) is 0 Å². The summed E-state index contributed by atoms with van der Waals surface area (Å²) in [5.41, 5.74) is 0.540. The molecule has 0 saturated heterocycles. The molecule has 1 fully saturated rings. The summed E-state index contributed by atoms with van der Waals surface area (Å²) in [6, 6.07) is 1.93. The summed E-state index contributed by atoms with van der Waals surface area (Å²) in [5, 5.41) is 12.6. The lowest BCUT2D eigenvalue weighted by atomic mass is 9.95. The van der Waals surface area contributed by atoms with Crippen LogP contribution in [0.4, 0.5) is 0 Å². The van der Waals surface area contributed by atoms with Crippen LogP contribution < -0.4 is 5.32 Å². The van der Waals surface area contributed by atoms with Gasteiger partial charge in [0.25, 0.3) is 0 Å². The zero-order valence-corrected chi connectivity index (χ0v) is 15.1. The minimum atomic E-state index is -0.262. The number of rotatable bonds is 4. The first-order valence-electron chi connectivity index (χ1n) is 7.71. The summed E-state index contributed by atoms with van der Waals surface area (Å²) in [6.45, 7) is 1.87. The smallest absolute Gasteiger partial charge is 0.233 e. The lowest BCUT2D eigenvalue weighted by molar-refractivity contribution is -0.121. The summed E-state index contributed by atoms with van der Waals surface area (Å²) in [6.07, 6.45) is 7.50. The maximum atomic E-state index is 12.4. The van der Waals surface area contributed by atoms with E-state index >= 15 is 0 Å². The fourth-order valence-corrected chi connectivity index (χ4v) is 4.10. The van der Waals surface area contributed by atoms with E-state index in [9.17, 15) is 4.79 Å². The number of carbonyl (C=O) groups excluding carboxylic acids is 1. The Hall–Kier alpha value is -0.980. The zero-order valence-electron chi connectivity index (χ0n) is 12.8. The lowest BCUT2D eigenvalue weighted by Crippen LogP contribution is -2.40. The highest BCUT2D eigenvalue weighted by Crippen LogP contribution is 2.27. The van der Waals surface area contributed by atoms with Gasteiger partial charge in [-0.25, -0.2) is 0 Å². The van der Waals surface area contributed by atoms with Crippen LogP contribution in [0.25, 0.3) is 5.65 Å². The van der Waals surface area contributed by atoms with E-state index in [0.29, 0.717) is 26.9 Å². The number of carbonyl (C=O) groups is 1. The Morgan fingerprint density at radius 1 is 1.35 bits per heavy atom. The van der Waals surface area contributed by atoms with Crippen molar-refractivity contribution in [3.05, 3.63) is 22.3 Å². The van der Waals surface area contributed by atoms with E-state index in [2.05, 4.69) is 15.5 Å². The molecule has 124 valence electrons. The predicted octanol–water partition coefficient (Wildman–Crippen LogP) is 3.97. The first-order valence-corrected chi connectivity index (χ1v) is 9.35. The molecule has 1 amide bonds. The highest BCUT2D eigenvalue weighted by molar-refractivity contribution is 8.00. The van der Waals surface area contributed by atoms with Gasteiger partial charge in [-0.05, 0) is 25.8 Å².